The Morgan fingerprint density at radius 3 is 2.59 bits per heavy atom. The van der Waals surface area contributed by atoms with Gasteiger partial charge in [-0.2, -0.15) is 0 Å². The van der Waals surface area contributed by atoms with Gasteiger partial charge in [-0.3, -0.25) is 9.59 Å². The predicted octanol–water partition coefficient (Wildman–Crippen LogP) is -0.817. The number of aliphatic hydroxyl groups is 4. The summed E-state index contributed by atoms with van der Waals surface area (Å²) in [6.07, 6.45) is 2.03. The van der Waals surface area contributed by atoms with E-state index in [4.69, 9.17) is 20.6 Å². The summed E-state index contributed by atoms with van der Waals surface area (Å²) in [7, 11) is 0. The van der Waals surface area contributed by atoms with Crippen LogP contribution in [0.3, 0.4) is 0 Å². The Balaban J connectivity index is 1.62. The number of unbranched alkanes of at least 4 members (excludes halogenated alkanes) is 3. The van der Waals surface area contributed by atoms with Crippen LogP contribution in [-0.4, -0.2) is 118 Å². The molecule has 6 atom stereocenters. The molecule has 44 heavy (non-hydrogen) atoms. The molecule has 1 aliphatic heterocycles. The molecule has 2 amide bonds. The van der Waals surface area contributed by atoms with E-state index in [1.807, 2.05) is 18.2 Å². The van der Waals surface area contributed by atoms with E-state index in [0.29, 0.717) is 25.0 Å². The first-order valence-corrected chi connectivity index (χ1v) is 14.4. The smallest absolute Gasteiger partial charge is 0.364 e. The van der Waals surface area contributed by atoms with Crippen LogP contribution in [0.15, 0.2) is 30.5 Å². The molecular formula is C30H41N3O11. The zero-order chi connectivity index (χ0) is 32.1. The Hall–Kier alpha value is -3.55. The van der Waals surface area contributed by atoms with Crippen LogP contribution in [0.5, 0.6) is 0 Å². The highest BCUT2D eigenvalue weighted by molar-refractivity contribution is 5.83. The number of benzene rings is 1. The minimum absolute atomic E-state index is 0.0144. The maximum atomic E-state index is 12.6. The van der Waals surface area contributed by atoms with Crippen molar-refractivity contribution in [3.05, 3.63) is 36.0 Å². The van der Waals surface area contributed by atoms with Crippen LogP contribution in [0.2, 0.25) is 0 Å². The molecule has 8 N–H and O–H groups in total. The lowest BCUT2D eigenvalue weighted by Crippen LogP contribution is -2.68. The van der Waals surface area contributed by atoms with Crippen LogP contribution >= 0.6 is 0 Å². The van der Waals surface area contributed by atoms with Crippen molar-refractivity contribution < 1.29 is 54.1 Å². The highest BCUT2D eigenvalue weighted by Crippen LogP contribution is 2.34. The zero-order valence-corrected chi connectivity index (χ0v) is 24.3. The number of carbonyl (C=O) groups is 3. The maximum absolute atomic E-state index is 12.6. The van der Waals surface area contributed by atoms with Crippen molar-refractivity contribution in [2.75, 3.05) is 33.0 Å². The lowest BCUT2D eigenvalue weighted by Gasteiger charge is -2.46. The van der Waals surface area contributed by atoms with Gasteiger partial charge in [-0.1, -0.05) is 30.9 Å². The molecule has 1 aliphatic rings. The first-order valence-electron chi connectivity index (χ1n) is 14.4. The summed E-state index contributed by atoms with van der Waals surface area (Å²) in [6.45, 7) is -0.747. The number of aliphatic carboxylic acids is 1. The number of ether oxygens (including phenoxy) is 3. The average Bonchev–Trinajstić information content (AvgIpc) is 3.47. The molecule has 0 spiro atoms. The van der Waals surface area contributed by atoms with Gasteiger partial charge >= 0.3 is 5.97 Å². The molecule has 1 aromatic heterocycles. The van der Waals surface area contributed by atoms with Gasteiger partial charge in [0, 0.05) is 31.3 Å². The Bertz CT molecular complexity index is 1280. The molecule has 1 fully saturated rings. The summed E-state index contributed by atoms with van der Waals surface area (Å²) in [5.74, 6) is -2.99. The fourth-order valence-electron chi connectivity index (χ4n) is 4.99. The molecule has 3 rings (SSSR count). The minimum atomic E-state index is -2.40. The van der Waals surface area contributed by atoms with Crippen LogP contribution in [0.4, 0.5) is 0 Å². The molecule has 0 bridgehead atoms. The van der Waals surface area contributed by atoms with E-state index in [-0.39, 0.29) is 19.6 Å². The van der Waals surface area contributed by atoms with Crippen molar-refractivity contribution in [1.82, 2.24) is 15.6 Å². The normalized spacial score (nSPS) is 23.0. The van der Waals surface area contributed by atoms with E-state index in [0.717, 1.165) is 23.7 Å². The third kappa shape index (κ3) is 9.73. The summed E-state index contributed by atoms with van der Waals surface area (Å²) in [6, 6.07) is 5.93. The molecule has 0 saturated carbocycles. The van der Waals surface area contributed by atoms with E-state index in [9.17, 15) is 39.9 Å². The third-order valence-electron chi connectivity index (χ3n) is 7.30. The number of terminal acetylenes is 1. The molecule has 0 radical (unpaired) electrons. The topological polar surface area (TPSA) is 220 Å². The van der Waals surface area contributed by atoms with Gasteiger partial charge in [-0.05, 0) is 35.9 Å². The highest BCUT2D eigenvalue weighted by atomic mass is 16.7. The van der Waals surface area contributed by atoms with Crippen molar-refractivity contribution in [3.8, 4) is 12.3 Å². The van der Waals surface area contributed by atoms with Crippen molar-refractivity contribution in [3.63, 3.8) is 0 Å². The molecular weight excluding hydrogens is 578 g/mol. The number of nitrogens with one attached hydrogen (secondary N) is 3. The number of hydrogen-bond donors (Lipinski definition) is 8. The van der Waals surface area contributed by atoms with Crippen molar-refractivity contribution in [2.45, 2.75) is 74.8 Å². The number of aromatic amines is 1. The van der Waals surface area contributed by atoms with Gasteiger partial charge in [0.15, 0.2) is 0 Å². The largest absolute Gasteiger partial charge is 0.477 e. The van der Waals surface area contributed by atoms with Crippen molar-refractivity contribution in [2.24, 2.45) is 0 Å². The lowest BCUT2D eigenvalue weighted by molar-refractivity contribution is -0.310. The number of aromatic nitrogens is 1. The first kappa shape index (κ1) is 34.9. The van der Waals surface area contributed by atoms with E-state index in [1.54, 1.807) is 12.3 Å². The third-order valence-corrected chi connectivity index (χ3v) is 7.30. The summed E-state index contributed by atoms with van der Waals surface area (Å²) in [5, 5.41) is 57.7. The maximum Gasteiger partial charge on any atom is 0.364 e. The number of carboxylic acid groups (broad SMARTS) is 1. The van der Waals surface area contributed by atoms with Gasteiger partial charge in [-0.15, -0.1) is 6.42 Å². The lowest BCUT2D eigenvalue weighted by atomic mass is 9.88. The minimum Gasteiger partial charge on any atom is -0.477 e. The molecule has 0 aliphatic carbocycles. The van der Waals surface area contributed by atoms with E-state index >= 15 is 0 Å². The van der Waals surface area contributed by atoms with Gasteiger partial charge in [0.2, 0.25) is 11.8 Å². The molecule has 0 unspecified atom stereocenters. The SMILES string of the molecule is C#CCOCCCCCCO[C@]1(C(=O)O)C[C@H](O)[C@@H](NC(=O)CO)[C@H]([C@H](O)[C@H](O)CNC(=O)Cc2ccc3cc[nH]c3c2)O1. The average molecular weight is 620 g/mol. The Kier molecular flexibility index (Phi) is 13.6. The molecule has 2 aromatic rings. The summed E-state index contributed by atoms with van der Waals surface area (Å²) in [5.41, 5.74) is 1.56. The molecule has 2 heterocycles. The van der Waals surface area contributed by atoms with Crippen LogP contribution in [0.1, 0.15) is 37.7 Å². The summed E-state index contributed by atoms with van der Waals surface area (Å²) in [4.78, 5) is 39.9. The van der Waals surface area contributed by atoms with E-state index < -0.39 is 73.6 Å². The van der Waals surface area contributed by atoms with Crippen molar-refractivity contribution >= 4 is 28.7 Å². The highest BCUT2D eigenvalue weighted by Gasteiger charge is 2.55. The standard InChI is InChI=1S/C30H41N3O11/c1-2-11-42-12-5-3-4-6-13-43-30(29(40)41)16-22(35)26(33-25(38)18-34)28(44-30)27(39)23(36)17-32-24(37)15-19-7-8-20-9-10-31-21(20)14-19/h1,7-10,14,22-23,26-28,31,34-36,39H,3-6,11-13,15-18H2,(H,32,37)(H,33,38)(H,40,41)/t22-,23+,26+,27+,28+,30+/m0/s1. The van der Waals surface area contributed by atoms with Gasteiger partial charge in [0.05, 0.1) is 31.3 Å². The van der Waals surface area contributed by atoms with Gasteiger partial charge in [-0.25, -0.2) is 4.79 Å². The number of carbonyl (C=O) groups excluding carboxylic acids is 2. The van der Waals surface area contributed by atoms with E-state index in [1.165, 1.54) is 0 Å². The monoisotopic (exact) mass is 619 g/mol. The summed E-state index contributed by atoms with van der Waals surface area (Å²) < 4.78 is 16.5. The second-order valence-electron chi connectivity index (χ2n) is 10.6. The number of rotatable bonds is 18. The first-order chi connectivity index (χ1) is 21.1. The number of fused-ring (bicyclic) bond motifs is 1. The predicted molar refractivity (Wildman–Crippen MR) is 156 cm³/mol. The second-order valence-corrected chi connectivity index (χ2v) is 10.6. The Labute approximate surface area is 254 Å². The van der Waals surface area contributed by atoms with Crippen LogP contribution in [-0.2, 0) is 35.0 Å². The fraction of sp³-hybridized carbons (Fsp3) is 0.567. The second kappa shape index (κ2) is 17.1. The number of aliphatic hydroxyl groups excluding tert-OH is 4. The molecule has 1 aromatic carbocycles. The van der Waals surface area contributed by atoms with Crippen LogP contribution in [0.25, 0.3) is 10.9 Å². The van der Waals surface area contributed by atoms with E-state index in [2.05, 4.69) is 21.5 Å². The molecule has 242 valence electrons. The number of hydrogen-bond acceptors (Lipinski definition) is 10. The Morgan fingerprint density at radius 2 is 1.89 bits per heavy atom. The van der Waals surface area contributed by atoms with Gasteiger partial charge < -0.3 is 55.4 Å². The number of amides is 2. The molecule has 1 saturated heterocycles. The quantitative estimate of drug-likeness (QED) is 0.0761. The zero-order valence-electron chi connectivity index (χ0n) is 24.3. The van der Waals surface area contributed by atoms with Crippen molar-refractivity contribution in [1.29, 1.82) is 0 Å². The van der Waals surface area contributed by atoms with Gasteiger partial charge in [0.1, 0.15) is 25.4 Å². The van der Waals surface area contributed by atoms with Crippen LogP contribution in [0, 0.1) is 12.3 Å². The number of H-pyrrole nitrogens is 1. The fourth-order valence-corrected chi connectivity index (χ4v) is 4.99. The molecule has 14 heteroatoms. The Morgan fingerprint density at radius 1 is 1.14 bits per heavy atom. The van der Waals surface area contributed by atoms with Gasteiger partial charge in [0.25, 0.3) is 5.79 Å². The summed E-state index contributed by atoms with van der Waals surface area (Å²) >= 11 is 0. The number of carboxylic acids is 1. The molecule has 14 nitrogen and oxygen atoms in total. The van der Waals surface area contributed by atoms with Crippen LogP contribution < -0.4 is 10.6 Å².